The van der Waals surface area contributed by atoms with E-state index in [4.69, 9.17) is 25.5 Å². The number of fused-ring (bicyclic) bond motifs is 7. The van der Waals surface area contributed by atoms with Gasteiger partial charge >= 0.3 is 11.9 Å². The zero-order valence-electron chi connectivity index (χ0n) is 37.6. The van der Waals surface area contributed by atoms with E-state index in [0.29, 0.717) is 43.8 Å². The van der Waals surface area contributed by atoms with E-state index in [-0.39, 0.29) is 63.2 Å². The van der Waals surface area contributed by atoms with Crippen LogP contribution in [0, 0.1) is 56.2 Å². The second-order valence-electron chi connectivity index (χ2n) is 20.7. The molecule has 59 heavy (non-hydrogen) atoms. The van der Waals surface area contributed by atoms with Crippen molar-refractivity contribution < 1.29 is 33.3 Å². The van der Waals surface area contributed by atoms with Crippen molar-refractivity contribution in [2.75, 3.05) is 66.3 Å². The summed E-state index contributed by atoms with van der Waals surface area (Å²) in [7, 11) is 1.43. The Morgan fingerprint density at radius 3 is 2.29 bits per heavy atom. The molecule has 9 atom stereocenters. The highest BCUT2D eigenvalue weighted by molar-refractivity contribution is 5.90. The molecule has 5 aliphatic carbocycles. The molecule has 0 spiro atoms. The van der Waals surface area contributed by atoms with E-state index in [9.17, 15) is 14.4 Å². The van der Waals surface area contributed by atoms with Gasteiger partial charge in [-0.1, -0.05) is 66.3 Å². The first-order valence-electron chi connectivity index (χ1n) is 22.9. The molecule has 9 nitrogen and oxygen atoms in total. The van der Waals surface area contributed by atoms with E-state index in [1.54, 1.807) is 0 Å². The topological polar surface area (TPSA) is 103 Å². The van der Waals surface area contributed by atoms with E-state index in [1.807, 2.05) is 19.1 Å². The minimum atomic E-state index is -0.511. The Morgan fingerprint density at radius 2 is 1.59 bits per heavy atom. The number of morpholine rings is 1. The number of ether oxygens (including phenoxy) is 4. The molecule has 5 fully saturated rings. The zero-order valence-corrected chi connectivity index (χ0v) is 37.6. The Labute approximate surface area is 354 Å². The first-order valence-corrected chi connectivity index (χ1v) is 22.9. The molecule has 1 N–H and O–H groups in total. The van der Waals surface area contributed by atoms with Gasteiger partial charge in [0.2, 0.25) is 5.91 Å². The van der Waals surface area contributed by atoms with Crippen LogP contribution >= 0.6 is 0 Å². The number of rotatable bonds is 13. The summed E-state index contributed by atoms with van der Waals surface area (Å²) in [5.41, 5.74) is 3.88. The molecule has 7 rings (SSSR count). The molecule has 1 aromatic carbocycles. The lowest BCUT2D eigenvalue weighted by atomic mass is 9.29. The number of hydrogen-bond acceptors (Lipinski definition) is 8. The fourth-order valence-electron chi connectivity index (χ4n) is 15.1. The predicted octanol–water partition coefficient (Wildman–Crippen LogP) is 8.91. The lowest BCUT2D eigenvalue weighted by Crippen LogP contribution is -2.70. The molecule has 1 aliphatic heterocycles. The largest absolute Gasteiger partial charge is 0.466 e. The maximum Gasteiger partial charge on any atom is 0.337 e. The van der Waals surface area contributed by atoms with Gasteiger partial charge in [-0.25, -0.2) is 4.79 Å². The first kappa shape index (κ1) is 44.1. The second-order valence-corrected chi connectivity index (χ2v) is 20.7. The van der Waals surface area contributed by atoms with Crippen LogP contribution in [0.3, 0.4) is 0 Å². The molecule has 1 amide bonds. The van der Waals surface area contributed by atoms with Crippen LogP contribution in [0.15, 0.2) is 42.5 Å². The van der Waals surface area contributed by atoms with Gasteiger partial charge in [-0.15, -0.1) is 0 Å². The molecule has 4 saturated carbocycles. The molecular weight excluding hydrogens is 741 g/mol. The van der Waals surface area contributed by atoms with Gasteiger partial charge in [0.15, 0.2) is 0 Å². The zero-order chi connectivity index (χ0) is 42.4. The Kier molecular flexibility index (Phi) is 12.5. The van der Waals surface area contributed by atoms with E-state index in [0.717, 1.165) is 89.8 Å². The van der Waals surface area contributed by atoms with E-state index in [1.165, 1.54) is 24.7 Å². The number of carbonyl (C=O) groups is 3. The molecular formula is C50H74N2O7. The maximum absolute atomic E-state index is 14.8. The van der Waals surface area contributed by atoms with Crippen molar-refractivity contribution in [3.8, 4) is 0 Å². The highest BCUT2D eigenvalue weighted by Gasteiger charge is 2.75. The molecule has 0 unspecified atom stereocenters. The van der Waals surface area contributed by atoms with Crippen molar-refractivity contribution in [1.29, 1.82) is 0 Å². The Hall–Kier alpha value is -3.01. The normalized spacial score (nSPS) is 37.5. The molecule has 6 aliphatic rings. The minimum absolute atomic E-state index is 0.00812. The molecule has 0 aromatic heterocycles. The Morgan fingerprint density at radius 1 is 0.898 bits per heavy atom. The number of carbonyl (C=O) groups excluding carboxylic acids is 3. The second kappa shape index (κ2) is 16.7. The summed E-state index contributed by atoms with van der Waals surface area (Å²) in [6.45, 7) is 28.1. The van der Waals surface area contributed by atoms with Crippen LogP contribution in [0.2, 0.25) is 0 Å². The molecule has 1 aromatic rings. The van der Waals surface area contributed by atoms with Crippen molar-refractivity contribution in [3.05, 3.63) is 53.6 Å². The number of methoxy groups -OCH3 is 1. The molecule has 1 heterocycles. The van der Waals surface area contributed by atoms with E-state index < -0.39 is 5.41 Å². The van der Waals surface area contributed by atoms with Crippen molar-refractivity contribution in [1.82, 2.24) is 10.2 Å². The van der Waals surface area contributed by atoms with Crippen LogP contribution in [-0.4, -0.2) is 89.1 Å². The summed E-state index contributed by atoms with van der Waals surface area (Å²) in [6, 6.07) is 8.01. The van der Waals surface area contributed by atoms with Gasteiger partial charge < -0.3 is 24.3 Å². The Bertz CT molecular complexity index is 1780. The van der Waals surface area contributed by atoms with Crippen LogP contribution in [0.4, 0.5) is 0 Å². The molecule has 9 heteroatoms. The van der Waals surface area contributed by atoms with Gasteiger partial charge in [0.05, 0.1) is 57.5 Å². The van der Waals surface area contributed by atoms with Crippen LogP contribution in [-0.2, 0) is 28.5 Å². The molecule has 0 radical (unpaired) electrons. The summed E-state index contributed by atoms with van der Waals surface area (Å²) >= 11 is 0. The highest BCUT2D eigenvalue weighted by atomic mass is 16.5. The number of esters is 2. The van der Waals surface area contributed by atoms with E-state index >= 15 is 0 Å². The van der Waals surface area contributed by atoms with Crippen molar-refractivity contribution in [2.24, 2.45) is 56.2 Å². The molecule has 0 bridgehead atoms. The van der Waals surface area contributed by atoms with Crippen molar-refractivity contribution in [3.63, 3.8) is 0 Å². The average Bonchev–Trinajstić information content (AvgIpc) is 3.63. The maximum atomic E-state index is 14.8. The third-order valence-electron chi connectivity index (χ3n) is 18.2. The van der Waals surface area contributed by atoms with Gasteiger partial charge in [-0.05, 0) is 144 Å². The summed E-state index contributed by atoms with van der Waals surface area (Å²) in [5.74, 6) is 0.934. The summed E-state index contributed by atoms with van der Waals surface area (Å²) < 4.78 is 22.1. The minimum Gasteiger partial charge on any atom is -0.466 e. The quantitative estimate of drug-likeness (QED) is 0.120. The summed E-state index contributed by atoms with van der Waals surface area (Å²) in [5, 5.41) is 3.28. The van der Waals surface area contributed by atoms with Crippen molar-refractivity contribution >= 4 is 23.4 Å². The van der Waals surface area contributed by atoms with Gasteiger partial charge in [0.25, 0.3) is 0 Å². The monoisotopic (exact) mass is 815 g/mol. The number of benzene rings is 1. The molecule has 326 valence electrons. The van der Waals surface area contributed by atoms with Crippen LogP contribution in [0.1, 0.15) is 129 Å². The summed E-state index contributed by atoms with van der Waals surface area (Å²) in [4.78, 5) is 41.7. The fraction of sp³-hybridized carbons (Fsp3) is 0.740. The van der Waals surface area contributed by atoms with Gasteiger partial charge in [-0.3, -0.25) is 14.5 Å². The average molecular weight is 815 g/mol. The van der Waals surface area contributed by atoms with Gasteiger partial charge in [0.1, 0.15) is 0 Å². The fourth-order valence-corrected chi connectivity index (χ4v) is 15.1. The lowest BCUT2D eigenvalue weighted by molar-refractivity contribution is -0.261. The lowest BCUT2D eigenvalue weighted by Gasteiger charge is -2.75. The number of allylic oxidation sites excluding steroid dienone is 2. The first-order chi connectivity index (χ1) is 28.0. The van der Waals surface area contributed by atoms with Crippen LogP contribution in [0.5, 0.6) is 0 Å². The SMILES string of the molecule is C=C(COCCN1CCOCC1)[C@@H]1CC[C@]2(C(=O)NCCC(=O)OCC)CC[C@@]3(C)[C@]4(C)CC[C@H]5C(C)(C)C(c6ccc(C(=O)OC)cc6)=CC[C@]5(C)[C@H]4CC[C@]3(C)[C@@H]12. The standard InChI is InChI=1S/C50H74N2O7/c1-10-59-41(53)19-26-51-44(55)50-23-15-37(34(2)33-58-32-29-52-27-30-57-31-28-52)42(50)48(7)22-18-40-46(5)20-16-38(35-11-13-36(14-12-35)43(54)56-9)45(3,4)39(46)17-21-47(40,6)49(48,8)24-25-50/h11-14,16,37,39-40,42H,2,10,15,17-33H2,1,3-9H3,(H,51,55)/t37-,39-,40+,42+,46-,47+,48+,49-,50-/m0/s1. The predicted molar refractivity (Wildman–Crippen MR) is 231 cm³/mol. The van der Waals surface area contributed by atoms with Crippen molar-refractivity contribution in [2.45, 2.75) is 113 Å². The van der Waals surface area contributed by atoms with Gasteiger partial charge in [-0.2, -0.15) is 0 Å². The number of nitrogens with one attached hydrogen (secondary N) is 1. The third kappa shape index (κ3) is 7.24. The number of nitrogens with zero attached hydrogens (tertiary/aromatic N) is 1. The van der Waals surface area contributed by atoms with E-state index in [2.05, 4.69) is 70.0 Å². The van der Waals surface area contributed by atoms with Crippen LogP contribution in [0.25, 0.3) is 5.57 Å². The van der Waals surface area contributed by atoms with Gasteiger partial charge in [0, 0.05) is 26.2 Å². The third-order valence-corrected chi connectivity index (χ3v) is 18.2. The Balaban J connectivity index is 1.17. The number of hydrogen-bond donors (Lipinski definition) is 1. The number of amides is 1. The molecule has 1 saturated heterocycles. The highest BCUT2D eigenvalue weighted by Crippen LogP contribution is 2.81. The smallest absolute Gasteiger partial charge is 0.337 e. The van der Waals surface area contributed by atoms with Crippen LogP contribution < -0.4 is 5.32 Å². The summed E-state index contributed by atoms with van der Waals surface area (Å²) in [6.07, 6.45) is 12.0.